The topological polar surface area (TPSA) is 15.3 Å². The summed E-state index contributed by atoms with van der Waals surface area (Å²) in [5.74, 6) is 0.292. The van der Waals surface area contributed by atoms with E-state index in [4.69, 9.17) is 11.6 Å². The van der Waals surface area contributed by atoms with E-state index >= 15 is 0 Å². The predicted octanol–water partition coefficient (Wildman–Crippen LogP) is 4.74. The lowest BCUT2D eigenvalue weighted by molar-refractivity contribution is -0.137. The van der Waals surface area contributed by atoms with Gasteiger partial charge >= 0.3 is 6.18 Å². The minimum atomic E-state index is -4.42. The first-order valence-corrected chi connectivity index (χ1v) is 8.53. The van der Waals surface area contributed by atoms with E-state index in [9.17, 15) is 13.2 Å². The molecule has 2 nitrogen and oxygen atoms in total. The van der Waals surface area contributed by atoms with Crippen LogP contribution in [0.1, 0.15) is 43.9 Å². The summed E-state index contributed by atoms with van der Waals surface area (Å²) in [7, 11) is 0. The van der Waals surface area contributed by atoms with Crippen molar-refractivity contribution in [3.05, 3.63) is 34.3 Å². The largest absolute Gasteiger partial charge is 0.417 e. The number of piperazine rings is 1. The van der Waals surface area contributed by atoms with Gasteiger partial charge in [0.2, 0.25) is 0 Å². The Morgan fingerprint density at radius 3 is 2.48 bits per heavy atom. The number of hydrogen-bond donors (Lipinski definition) is 1. The van der Waals surface area contributed by atoms with E-state index in [0.29, 0.717) is 11.5 Å². The van der Waals surface area contributed by atoms with Gasteiger partial charge in [-0.05, 0) is 30.0 Å². The molecule has 2 atom stereocenters. The normalized spacial score (nSPS) is 19.6. The summed E-state index contributed by atoms with van der Waals surface area (Å²) >= 11 is 5.77. The van der Waals surface area contributed by atoms with Gasteiger partial charge in [0.1, 0.15) is 0 Å². The molecule has 130 valence electrons. The van der Waals surface area contributed by atoms with Crippen LogP contribution in [-0.4, -0.2) is 31.1 Å². The van der Waals surface area contributed by atoms with Crippen molar-refractivity contribution in [1.29, 1.82) is 0 Å². The average molecular weight is 349 g/mol. The number of benzene rings is 1. The fraction of sp³-hybridized carbons (Fsp3) is 0.647. The average Bonchev–Trinajstić information content (AvgIpc) is 2.49. The monoisotopic (exact) mass is 348 g/mol. The molecule has 0 amide bonds. The maximum absolute atomic E-state index is 13.2. The van der Waals surface area contributed by atoms with Crippen LogP contribution in [0.5, 0.6) is 0 Å². The van der Waals surface area contributed by atoms with E-state index in [1.54, 1.807) is 6.07 Å². The van der Waals surface area contributed by atoms with Crippen LogP contribution in [0.2, 0.25) is 5.02 Å². The SMILES string of the molecule is CCCC(C)[C@@H](c1ccc(Cl)c(C(F)(F)F)c1)N1CCNCC1. The summed E-state index contributed by atoms with van der Waals surface area (Å²) in [6.07, 6.45) is -2.42. The van der Waals surface area contributed by atoms with Crippen LogP contribution in [0.3, 0.4) is 0 Å². The second-order valence-corrected chi connectivity index (χ2v) is 6.64. The van der Waals surface area contributed by atoms with Crippen LogP contribution in [0.4, 0.5) is 13.2 Å². The Labute approximate surface area is 141 Å². The second kappa shape index (κ2) is 7.86. The van der Waals surface area contributed by atoms with Crippen LogP contribution in [0, 0.1) is 5.92 Å². The summed E-state index contributed by atoms with van der Waals surface area (Å²) < 4.78 is 39.5. The molecule has 23 heavy (non-hydrogen) atoms. The Hall–Kier alpha value is -0.780. The number of alkyl halides is 3. The first-order chi connectivity index (χ1) is 10.8. The Bertz CT molecular complexity index is 513. The molecule has 1 saturated heterocycles. The lowest BCUT2D eigenvalue weighted by Crippen LogP contribution is -2.46. The van der Waals surface area contributed by atoms with Gasteiger partial charge in [-0.15, -0.1) is 0 Å². The van der Waals surface area contributed by atoms with Crippen LogP contribution >= 0.6 is 11.6 Å². The molecule has 1 N–H and O–H groups in total. The van der Waals surface area contributed by atoms with Gasteiger partial charge < -0.3 is 5.32 Å². The molecule has 0 radical (unpaired) electrons. The summed E-state index contributed by atoms with van der Waals surface area (Å²) in [6, 6.07) is 4.36. The number of hydrogen-bond acceptors (Lipinski definition) is 2. The summed E-state index contributed by atoms with van der Waals surface area (Å²) in [6.45, 7) is 7.67. The van der Waals surface area contributed by atoms with Crippen molar-refractivity contribution in [2.75, 3.05) is 26.2 Å². The molecule has 1 unspecified atom stereocenters. The van der Waals surface area contributed by atoms with E-state index in [1.165, 1.54) is 12.1 Å². The van der Waals surface area contributed by atoms with Gasteiger partial charge in [-0.3, -0.25) is 4.90 Å². The Morgan fingerprint density at radius 2 is 1.91 bits per heavy atom. The molecule has 0 bridgehead atoms. The molecule has 6 heteroatoms. The molecule has 2 rings (SSSR count). The Balaban J connectivity index is 2.38. The first kappa shape index (κ1) is 18.6. The molecule has 1 heterocycles. The van der Waals surface area contributed by atoms with Gasteiger partial charge in [0, 0.05) is 32.2 Å². The molecular weight excluding hydrogens is 325 g/mol. The number of nitrogens with one attached hydrogen (secondary N) is 1. The zero-order valence-electron chi connectivity index (χ0n) is 13.6. The minimum Gasteiger partial charge on any atom is -0.314 e. The minimum absolute atomic E-state index is 0.00424. The Morgan fingerprint density at radius 1 is 1.26 bits per heavy atom. The third-order valence-corrected chi connectivity index (χ3v) is 4.79. The number of rotatable bonds is 5. The van der Waals surface area contributed by atoms with E-state index < -0.39 is 11.7 Å². The first-order valence-electron chi connectivity index (χ1n) is 8.16. The van der Waals surface area contributed by atoms with Gasteiger partial charge in [0.05, 0.1) is 10.6 Å². The summed E-state index contributed by atoms with van der Waals surface area (Å²) in [5.41, 5.74) is -0.0231. The van der Waals surface area contributed by atoms with E-state index in [0.717, 1.165) is 39.0 Å². The molecule has 1 aliphatic heterocycles. The smallest absolute Gasteiger partial charge is 0.314 e. The van der Waals surface area contributed by atoms with Crippen molar-refractivity contribution in [1.82, 2.24) is 10.2 Å². The fourth-order valence-corrected chi connectivity index (χ4v) is 3.64. The number of nitrogens with zero attached hydrogens (tertiary/aromatic N) is 1. The van der Waals surface area contributed by atoms with Crippen LogP contribution in [0.25, 0.3) is 0 Å². The zero-order chi connectivity index (χ0) is 17.0. The fourth-order valence-electron chi connectivity index (χ4n) is 3.42. The lowest BCUT2D eigenvalue weighted by atomic mass is 9.88. The van der Waals surface area contributed by atoms with E-state index in [1.807, 2.05) is 0 Å². The number of halogens is 4. The molecule has 1 aromatic rings. The quantitative estimate of drug-likeness (QED) is 0.826. The highest BCUT2D eigenvalue weighted by atomic mass is 35.5. The predicted molar refractivity (Wildman–Crippen MR) is 87.7 cm³/mol. The Kier molecular flexibility index (Phi) is 6.34. The molecule has 0 spiro atoms. The third kappa shape index (κ3) is 4.61. The van der Waals surface area contributed by atoms with Crippen LogP contribution < -0.4 is 5.32 Å². The highest BCUT2D eigenvalue weighted by Crippen LogP contribution is 2.39. The summed E-state index contributed by atoms with van der Waals surface area (Å²) in [5, 5.41) is 3.06. The highest BCUT2D eigenvalue weighted by Gasteiger charge is 2.35. The van der Waals surface area contributed by atoms with Gasteiger partial charge in [-0.1, -0.05) is 37.9 Å². The van der Waals surface area contributed by atoms with Crippen LogP contribution in [0.15, 0.2) is 18.2 Å². The highest BCUT2D eigenvalue weighted by molar-refractivity contribution is 6.31. The lowest BCUT2D eigenvalue weighted by Gasteiger charge is -2.39. The standard InChI is InChI=1S/C17H24ClF3N2/c1-3-4-12(2)16(23-9-7-22-8-10-23)13-5-6-15(18)14(11-13)17(19,20)21/h5-6,11-12,16,22H,3-4,7-10H2,1-2H3/t12?,16-/m0/s1. The molecule has 0 aromatic heterocycles. The molecule has 1 fully saturated rings. The van der Waals surface area contributed by atoms with Gasteiger partial charge in [-0.25, -0.2) is 0 Å². The van der Waals surface area contributed by atoms with E-state index in [-0.39, 0.29) is 11.1 Å². The molecule has 0 saturated carbocycles. The van der Waals surface area contributed by atoms with Crippen molar-refractivity contribution in [2.24, 2.45) is 5.92 Å². The maximum Gasteiger partial charge on any atom is 0.417 e. The van der Waals surface area contributed by atoms with Crippen molar-refractivity contribution in [3.63, 3.8) is 0 Å². The molecular formula is C17H24ClF3N2. The molecule has 0 aliphatic carbocycles. The third-order valence-electron chi connectivity index (χ3n) is 4.47. The van der Waals surface area contributed by atoms with Crippen LogP contribution in [-0.2, 0) is 6.18 Å². The maximum atomic E-state index is 13.2. The van der Waals surface area contributed by atoms with E-state index in [2.05, 4.69) is 24.1 Å². The second-order valence-electron chi connectivity index (χ2n) is 6.23. The summed E-state index contributed by atoms with van der Waals surface area (Å²) in [4.78, 5) is 2.29. The van der Waals surface area contributed by atoms with Crippen molar-refractivity contribution in [3.8, 4) is 0 Å². The zero-order valence-corrected chi connectivity index (χ0v) is 14.3. The van der Waals surface area contributed by atoms with Crippen molar-refractivity contribution >= 4 is 11.6 Å². The molecule has 1 aliphatic rings. The van der Waals surface area contributed by atoms with Crippen molar-refractivity contribution in [2.45, 2.75) is 38.9 Å². The van der Waals surface area contributed by atoms with Crippen molar-refractivity contribution < 1.29 is 13.2 Å². The van der Waals surface area contributed by atoms with Gasteiger partial charge in [0.25, 0.3) is 0 Å². The molecule has 1 aromatic carbocycles. The van der Waals surface area contributed by atoms with Gasteiger partial charge in [0.15, 0.2) is 0 Å². The van der Waals surface area contributed by atoms with Gasteiger partial charge in [-0.2, -0.15) is 13.2 Å².